The molecule has 0 radical (unpaired) electrons. The Morgan fingerprint density at radius 3 is 2.35 bits per heavy atom. The number of benzene rings is 2. The minimum atomic E-state index is -1.66. The van der Waals surface area contributed by atoms with Crippen molar-refractivity contribution in [1.82, 2.24) is 10.6 Å². The first kappa shape index (κ1) is 24.9. The van der Waals surface area contributed by atoms with Crippen LogP contribution >= 0.6 is 24.0 Å². The molecule has 0 saturated heterocycles. The highest BCUT2D eigenvalue weighted by atomic mass is 127. The molecule has 0 aliphatic heterocycles. The van der Waals surface area contributed by atoms with Crippen LogP contribution in [0.1, 0.15) is 25.3 Å². The van der Waals surface area contributed by atoms with Gasteiger partial charge in [0.15, 0.2) is 23.4 Å². The number of guanidine groups is 1. The second-order valence-electron chi connectivity index (χ2n) is 7.08. The van der Waals surface area contributed by atoms with Gasteiger partial charge in [-0.25, -0.2) is 22.6 Å². The number of carbonyl (C=O) groups excluding carboxylic acids is 1. The number of hydrogen-bond donors (Lipinski definition) is 3. The van der Waals surface area contributed by atoms with Crippen molar-refractivity contribution >= 4 is 41.5 Å². The number of amides is 1. The van der Waals surface area contributed by atoms with Crippen molar-refractivity contribution in [2.24, 2.45) is 4.99 Å². The molecular formula is C21H23F4IN4O. The summed E-state index contributed by atoms with van der Waals surface area (Å²) in [5.74, 6) is -5.10. The van der Waals surface area contributed by atoms with Crippen LogP contribution in [0.3, 0.4) is 0 Å². The molecule has 3 rings (SSSR count). The van der Waals surface area contributed by atoms with Crippen LogP contribution in [0.2, 0.25) is 0 Å². The van der Waals surface area contributed by atoms with Crippen LogP contribution in [0.4, 0.5) is 23.2 Å². The van der Waals surface area contributed by atoms with Gasteiger partial charge in [-0.2, -0.15) is 0 Å². The van der Waals surface area contributed by atoms with Gasteiger partial charge in [0.1, 0.15) is 12.4 Å². The van der Waals surface area contributed by atoms with E-state index in [9.17, 15) is 22.4 Å². The van der Waals surface area contributed by atoms with Gasteiger partial charge in [-0.3, -0.25) is 4.79 Å². The summed E-state index contributed by atoms with van der Waals surface area (Å²) in [7, 11) is 0. The Kier molecular flexibility index (Phi) is 8.66. The smallest absolute Gasteiger partial charge is 0.246 e. The van der Waals surface area contributed by atoms with E-state index >= 15 is 0 Å². The average Bonchev–Trinajstić information content (AvgIpc) is 3.52. The molecule has 1 saturated carbocycles. The topological polar surface area (TPSA) is 65.5 Å². The van der Waals surface area contributed by atoms with Gasteiger partial charge in [0.05, 0.1) is 5.69 Å². The Bertz CT molecular complexity index is 966. The van der Waals surface area contributed by atoms with E-state index in [4.69, 9.17) is 0 Å². The van der Waals surface area contributed by atoms with Gasteiger partial charge in [0.2, 0.25) is 5.91 Å². The summed E-state index contributed by atoms with van der Waals surface area (Å²) in [6.07, 6.45) is 1.66. The molecule has 10 heteroatoms. The first-order valence-electron chi connectivity index (χ1n) is 9.57. The lowest BCUT2D eigenvalue weighted by molar-refractivity contribution is -0.114. The summed E-state index contributed by atoms with van der Waals surface area (Å²) >= 11 is 0. The van der Waals surface area contributed by atoms with Gasteiger partial charge in [-0.1, -0.05) is 18.2 Å². The van der Waals surface area contributed by atoms with Crippen molar-refractivity contribution in [2.45, 2.75) is 25.2 Å². The van der Waals surface area contributed by atoms with Crippen molar-refractivity contribution in [3.05, 3.63) is 65.2 Å². The van der Waals surface area contributed by atoms with Gasteiger partial charge in [-0.05, 0) is 43.5 Å². The number of nitrogens with one attached hydrogen (secondary N) is 3. The maximum absolute atomic E-state index is 14.1. The maximum atomic E-state index is 14.1. The van der Waals surface area contributed by atoms with Gasteiger partial charge in [0, 0.05) is 18.5 Å². The van der Waals surface area contributed by atoms with E-state index < -0.39 is 29.0 Å². The van der Waals surface area contributed by atoms with E-state index in [0.29, 0.717) is 24.6 Å². The third kappa shape index (κ3) is 6.08. The molecule has 2 aromatic rings. The Morgan fingerprint density at radius 2 is 1.71 bits per heavy atom. The second-order valence-corrected chi connectivity index (χ2v) is 7.08. The Balaban J connectivity index is 0.00000341. The van der Waals surface area contributed by atoms with Crippen molar-refractivity contribution < 1.29 is 22.4 Å². The van der Waals surface area contributed by atoms with Gasteiger partial charge in [0.25, 0.3) is 0 Å². The lowest BCUT2D eigenvalue weighted by atomic mass is 9.95. The summed E-state index contributed by atoms with van der Waals surface area (Å²) in [6.45, 7) is 2.43. The number of hydrogen-bond acceptors (Lipinski definition) is 2. The predicted octanol–water partition coefficient (Wildman–Crippen LogP) is 4.09. The fourth-order valence-electron chi connectivity index (χ4n) is 3.14. The molecular weight excluding hydrogens is 527 g/mol. The summed E-state index contributed by atoms with van der Waals surface area (Å²) in [6, 6.07) is 8.28. The van der Waals surface area contributed by atoms with Crippen LogP contribution < -0.4 is 16.0 Å². The van der Waals surface area contributed by atoms with E-state index in [0.717, 1.165) is 25.0 Å². The highest BCUT2D eigenvalue weighted by Gasteiger charge is 2.45. The lowest BCUT2D eigenvalue weighted by Crippen LogP contribution is -2.42. The highest BCUT2D eigenvalue weighted by molar-refractivity contribution is 14.0. The molecule has 0 spiro atoms. The molecule has 0 atom stereocenters. The normalized spacial score (nSPS) is 14.4. The lowest BCUT2D eigenvalue weighted by Gasteiger charge is -2.19. The fraction of sp³-hybridized carbons (Fsp3) is 0.333. The zero-order chi connectivity index (χ0) is 21.7. The van der Waals surface area contributed by atoms with Gasteiger partial charge >= 0.3 is 0 Å². The third-order valence-corrected chi connectivity index (χ3v) is 4.93. The van der Waals surface area contributed by atoms with E-state index in [1.807, 2.05) is 6.92 Å². The summed E-state index contributed by atoms with van der Waals surface area (Å²) in [5, 5.41) is 8.24. The van der Waals surface area contributed by atoms with Crippen molar-refractivity contribution in [2.75, 3.05) is 25.0 Å². The number of nitrogens with zero attached hydrogens (tertiary/aromatic N) is 1. The molecule has 1 fully saturated rings. The zero-order valence-electron chi connectivity index (χ0n) is 16.8. The summed E-state index contributed by atoms with van der Waals surface area (Å²) in [4.78, 5) is 16.2. The molecule has 168 valence electrons. The van der Waals surface area contributed by atoms with Crippen LogP contribution in [0.25, 0.3) is 0 Å². The second kappa shape index (κ2) is 10.8. The Hall–Kier alpha value is -2.37. The number of aliphatic imine (C=N–C) groups is 1. The monoisotopic (exact) mass is 550 g/mol. The van der Waals surface area contributed by atoms with Crippen LogP contribution in [0.5, 0.6) is 0 Å². The molecule has 0 heterocycles. The van der Waals surface area contributed by atoms with Crippen LogP contribution in [0.15, 0.2) is 41.4 Å². The average molecular weight is 550 g/mol. The third-order valence-electron chi connectivity index (χ3n) is 4.93. The molecule has 1 amide bonds. The number of rotatable bonds is 7. The highest BCUT2D eigenvalue weighted by Crippen LogP contribution is 2.48. The zero-order valence-corrected chi connectivity index (χ0v) is 19.1. The molecule has 31 heavy (non-hydrogen) atoms. The fourth-order valence-corrected chi connectivity index (χ4v) is 3.14. The van der Waals surface area contributed by atoms with Crippen molar-refractivity contribution in [3.63, 3.8) is 0 Å². The molecule has 3 N–H and O–H groups in total. The number of anilines is 1. The van der Waals surface area contributed by atoms with E-state index in [-0.39, 0.29) is 41.8 Å². The molecule has 2 aromatic carbocycles. The van der Waals surface area contributed by atoms with Crippen LogP contribution in [-0.2, 0) is 10.2 Å². The van der Waals surface area contributed by atoms with Crippen molar-refractivity contribution in [1.29, 1.82) is 0 Å². The van der Waals surface area contributed by atoms with E-state index in [1.165, 1.54) is 6.07 Å². The quantitative estimate of drug-likeness (QED) is 0.160. The largest absolute Gasteiger partial charge is 0.357 e. The van der Waals surface area contributed by atoms with Crippen LogP contribution in [-0.4, -0.2) is 31.5 Å². The standard InChI is InChI=1S/C21H22F4N4O.HI/c1-2-26-20(28-12-21(9-10-21)13-5-3-4-6-14(13)22)27-11-17(30)29-16-8-7-15(23)18(24)19(16)25;/h3-8H,2,9-12H2,1H3,(H,29,30)(H2,26,27,28);1H. The van der Waals surface area contributed by atoms with Crippen molar-refractivity contribution in [3.8, 4) is 0 Å². The molecule has 1 aliphatic carbocycles. The number of halogens is 5. The molecule has 0 bridgehead atoms. The van der Waals surface area contributed by atoms with Gasteiger partial charge < -0.3 is 16.0 Å². The SMILES string of the molecule is CCNC(=NCC(=O)Nc1ccc(F)c(F)c1F)NCC1(c2ccccc2F)CC1.I. The van der Waals surface area contributed by atoms with E-state index in [1.54, 1.807) is 18.2 Å². The van der Waals surface area contributed by atoms with Crippen LogP contribution in [0, 0.1) is 23.3 Å². The molecule has 5 nitrogen and oxygen atoms in total. The molecule has 1 aliphatic rings. The van der Waals surface area contributed by atoms with E-state index in [2.05, 4.69) is 20.9 Å². The Labute approximate surface area is 194 Å². The maximum Gasteiger partial charge on any atom is 0.246 e. The van der Waals surface area contributed by atoms with Gasteiger partial charge in [-0.15, -0.1) is 24.0 Å². The number of carbonyl (C=O) groups is 1. The molecule has 0 unspecified atom stereocenters. The summed E-state index contributed by atoms with van der Waals surface area (Å²) < 4.78 is 54.1. The summed E-state index contributed by atoms with van der Waals surface area (Å²) in [5.41, 5.74) is -0.151. The first-order chi connectivity index (χ1) is 14.4. The minimum absolute atomic E-state index is 0. The minimum Gasteiger partial charge on any atom is -0.357 e. The Morgan fingerprint density at radius 1 is 1.00 bits per heavy atom. The predicted molar refractivity (Wildman–Crippen MR) is 122 cm³/mol. The molecule has 0 aromatic heterocycles. The first-order valence-corrected chi connectivity index (χ1v) is 9.57.